The van der Waals surface area contributed by atoms with E-state index in [0.717, 1.165) is 21.4 Å². The molecular weight excluding hydrogens is 304 g/mol. The van der Waals surface area contributed by atoms with E-state index in [-0.39, 0.29) is 5.91 Å². The van der Waals surface area contributed by atoms with Crippen molar-refractivity contribution in [2.45, 2.75) is 6.42 Å². The van der Waals surface area contributed by atoms with E-state index in [2.05, 4.69) is 21.0 Å². The lowest BCUT2D eigenvalue weighted by molar-refractivity contribution is -0.116. The summed E-state index contributed by atoms with van der Waals surface area (Å²) in [6.45, 7) is 0. The molecule has 0 atom stereocenters. The van der Waals surface area contributed by atoms with Crippen LogP contribution in [0.5, 0.6) is 0 Å². The van der Waals surface area contributed by atoms with Gasteiger partial charge in [-0.15, -0.1) is 0 Å². The normalized spacial score (nSPS) is 14.7. The van der Waals surface area contributed by atoms with Crippen LogP contribution >= 0.6 is 15.9 Å². The van der Waals surface area contributed by atoms with Gasteiger partial charge in [-0.1, -0.05) is 52.3 Å². The van der Waals surface area contributed by atoms with Gasteiger partial charge in [0.05, 0.1) is 17.8 Å². The predicted molar refractivity (Wildman–Crippen MR) is 79.2 cm³/mol. The van der Waals surface area contributed by atoms with Gasteiger partial charge < -0.3 is 0 Å². The Morgan fingerprint density at radius 3 is 2.58 bits per heavy atom. The zero-order valence-corrected chi connectivity index (χ0v) is 11.7. The van der Waals surface area contributed by atoms with Crippen LogP contribution in [0.3, 0.4) is 0 Å². The summed E-state index contributed by atoms with van der Waals surface area (Å²) < 4.78 is 0.932. The van der Waals surface area contributed by atoms with Crippen molar-refractivity contribution in [2.75, 3.05) is 5.01 Å². The van der Waals surface area contributed by atoms with Crippen LogP contribution in [-0.2, 0) is 4.79 Å². The smallest absolute Gasteiger partial charge is 0.253 e. The Bertz CT molecular complexity index is 652. The molecule has 19 heavy (non-hydrogen) atoms. The number of halogens is 1. The van der Waals surface area contributed by atoms with Crippen molar-refractivity contribution < 1.29 is 4.79 Å². The minimum absolute atomic E-state index is 0.00282. The lowest BCUT2D eigenvalue weighted by atomic mass is 10.1. The fourth-order valence-electron chi connectivity index (χ4n) is 2.03. The standard InChI is InChI=1S/C15H11BrN2O/c16-12-7-4-8-13(9-12)18-15(19)10-14(17-18)11-5-2-1-3-6-11/h1-9H,10H2. The number of carbonyl (C=O) groups is 1. The fourth-order valence-corrected chi connectivity index (χ4v) is 2.42. The molecule has 0 spiro atoms. The highest BCUT2D eigenvalue weighted by Crippen LogP contribution is 2.25. The van der Waals surface area contributed by atoms with Crippen LogP contribution in [0, 0.1) is 0 Å². The number of carbonyl (C=O) groups excluding carboxylic acids is 1. The maximum atomic E-state index is 12.1. The lowest BCUT2D eigenvalue weighted by Crippen LogP contribution is -2.19. The monoisotopic (exact) mass is 314 g/mol. The van der Waals surface area contributed by atoms with Gasteiger partial charge in [-0.2, -0.15) is 5.10 Å². The van der Waals surface area contributed by atoms with E-state index in [1.165, 1.54) is 5.01 Å². The van der Waals surface area contributed by atoms with Gasteiger partial charge in [0, 0.05) is 4.47 Å². The van der Waals surface area contributed by atoms with Crippen LogP contribution < -0.4 is 5.01 Å². The van der Waals surface area contributed by atoms with E-state index in [1.807, 2.05) is 54.6 Å². The first-order valence-electron chi connectivity index (χ1n) is 5.95. The van der Waals surface area contributed by atoms with Crippen LogP contribution in [-0.4, -0.2) is 11.6 Å². The van der Waals surface area contributed by atoms with Gasteiger partial charge in [-0.05, 0) is 23.8 Å². The quantitative estimate of drug-likeness (QED) is 0.833. The second-order valence-corrected chi connectivity index (χ2v) is 5.19. The van der Waals surface area contributed by atoms with Crippen molar-refractivity contribution in [3.63, 3.8) is 0 Å². The Hall–Kier alpha value is -1.94. The van der Waals surface area contributed by atoms with Crippen molar-refractivity contribution in [1.82, 2.24) is 0 Å². The highest BCUT2D eigenvalue weighted by molar-refractivity contribution is 9.10. The van der Waals surface area contributed by atoms with Crippen LogP contribution in [0.4, 0.5) is 5.69 Å². The summed E-state index contributed by atoms with van der Waals surface area (Å²) in [5.41, 5.74) is 2.59. The summed E-state index contributed by atoms with van der Waals surface area (Å²) >= 11 is 3.40. The lowest BCUT2D eigenvalue weighted by Gasteiger charge is -2.11. The van der Waals surface area contributed by atoms with Crippen LogP contribution in [0.15, 0.2) is 64.2 Å². The van der Waals surface area contributed by atoms with Crippen LogP contribution in [0.1, 0.15) is 12.0 Å². The van der Waals surface area contributed by atoms with E-state index in [9.17, 15) is 4.79 Å². The molecule has 0 N–H and O–H groups in total. The molecule has 0 aliphatic carbocycles. The molecule has 0 unspecified atom stereocenters. The average Bonchev–Trinajstić information content (AvgIpc) is 2.82. The summed E-state index contributed by atoms with van der Waals surface area (Å²) in [6.07, 6.45) is 0.344. The summed E-state index contributed by atoms with van der Waals surface area (Å²) in [7, 11) is 0. The van der Waals surface area contributed by atoms with E-state index in [1.54, 1.807) is 0 Å². The molecule has 3 nitrogen and oxygen atoms in total. The van der Waals surface area contributed by atoms with Crippen LogP contribution in [0.25, 0.3) is 0 Å². The Balaban J connectivity index is 1.96. The first-order chi connectivity index (χ1) is 9.24. The number of rotatable bonds is 2. The first kappa shape index (κ1) is 12.1. The Labute approximate surface area is 119 Å². The number of amides is 1. The molecule has 0 bridgehead atoms. The summed E-state index contributed by atoms with van der Waals surface area (Å²) in [5, 5.41) is 5.90. The van der Waals surface area contributed by atoms with Crippen molar-refractivity contribution in [3.8, 4) is 0 Å². The molecule has 4 heteroatoms. The zero-order chi connectivity index (χ0) is 13.2. The largest absolute Gasteiger partial charge is 0.272 e. The summed E-state index contributed by atoms with van der Waals surface area (Å²) in [5.74, 6) is -0.00282. The number of hydrazone groups is 1. The average molecular weight is 315 g/mol. The van der Waals surface area contributed by atoms with Gasteiger partial charge in [0.2, 0.25) is 0 Å². The molecule has 94 valence electrons. The van der Waals surface area contributed by atoms with Crippen LogP contribution in [0.2, 0.25) is 0 Å². The third-order valence-electron chi connectivity index (χ3n) is 2.94. The second-order valence-electron chi connectivity index (χ2n) is 4.27. The number of nitrogens with zero attached hydrogens (tertiary/aromatic N) is 2. The molecule has 3 rings (SSSR count). The molecule has 0 radical (unpaired) electrons. The highest BCUT2D eigenvalue weighted by atomic mass is 79.9. The number of hydrogen-bond donors (Lipinski definition) is 0. The van der Waals surface area contributed by atoms with Crippen molar-refractivity contribution in [3.05, 3.63) is 64.6 Å². The minimum atomic E-state index is -0.00282. The number of anilines is 1. The first-order valence-corrected chi connectivity index (χ1v) is 6.75. The molecule has 1 aliphatic heterocycles. The molecule has 1 amide bonds. The Morgan fingerprint density at radius 1 is 1.05 bits per heavy atom. The van der Waals surface area contributed by atoms with E-state index >= 15 is 0 Å². The molecule has 0 saturated heterocycles. The Morgan fingerprint density at radius 2 is 1.84 bits per heavy atom. The third-order valence-corrected chi connectivity index (χ3v) is 3.43. The molecule has 1 aliphatic rings. The van der Waals surface area contributed by atoms with Crippen molar-refractivity contribution in [1.29, 1.82) is 0 Å². The molecule has 2 aromatic carbocycles. The topological polar surface area (TPSA) is 32.7 Å². The second kappa shape index (κ2) is 4.97. The van der Waals surface area contributed by atoms with E-state index < -0.39 is 0 Å². The van der Waals surface area contributed by atoms with Crippen molar-refractivity contribution in [2.24, 2.45) is 5.10 Å². The predicted octanol–water partition coefficient (Wildman–Crippen LogP) is 3.59. The number of benzene rings is 2. The van der Waals surface area contributed by atoms with Gasteiger partial charge in [-0.3, -0.25) is 4.79 Å². The molecule has 0 saturated carbocycles. The van der Waals surface area contributed by atoms with Gasteiger partial charge >= 0.3 is 0 Å². The van der Waals surface area contributed by atoms with E-state index in [0.29, 0.717) is 6.42 Å². The maximum absolute atomic E-state index is 12.1. The molecule has 2 aromatic rings. The SMILES string of the molecule is O=C1CC(c2ccccc2)=NN1c1cccc(Br)c1. The molecular formula is C15H11BrN2O. The molecule has 0 fully saturated rings. The van der Waals surface area contributed by atoms with Crippen molar-refractivity contribution >= 4 is 33.2 Å². The third kappa shape index (κ3) is 2.44. The number of hydrogen-bond acceptors (Lipinski definition) is 2. The molecule has 1 heterocycles. The maximum Gasteiger partial charge on any atom is 0.253 e. The fraction of sp³-hybridized carbons (Fsp3) is 0.0667. The summed E-state index contributed by atoms with van der Waals surface area (Å²) in [4.78, 5) is 12.1. The van der Waals surface area contributed by atoms with Gasteiger partial charge in [0.15, 0.2) is 0 Å². The highest BCUT2D eigenvalue weighted by Gasteiger charge is 2.25. The van der Waals surface area contributed by atoms with Gasteiger partial charge in [-0.25, -0.2) is 5.01 Å². The van der Waals surface area contributed by atoms with Gasteiger partial charge in [0.25, 0.3) is 5.91 Å². The minimum Gasteiger partial charge on any atom is -0.272 e. The summed E-state index contributed by atoms with van der Waals surface area (Å²) in [6, 6.07) is 17.4. The molecule has 0 aromatic heterocycles. The van der Waals surface area contributed by atoms with Gasteiger partial charge in [0.1, 0.15) is 0 Å². The Kier molecular flexibility index (Phi) is 3.17. The van der Waals surface area contributed by atoms with E-state index in [4.69, 9.17) is 0 Å². The zero-order valence-electron chi connectivity index (χ0n) is 10.1.